The molecule has 0 heterocycles. The van der Waals surface area contributed by atoms with Gasteiger partial charge in [-0.25, -0.2) is 0 Å². The van der Waals surface area contributed by atoms with Gasteiger partial charge in [-0.05, 0) is 49.1 Å². The highest BCUT2D eigenvalue weighted by Gasteiger charge is 2.60. The lowest BCUT2D eigenvalue weighted by Gasteiger charge is -2.37. The maximum Gasteiger partial charge on any atom is 0.234 e. The molecule has 2 atom stereocenters. The highest BCUT2D eigenvalue weighted by Crippen LogP contribution is 2.65. The predicted molar refractivity (Wildman–Crippen MR) is 82.5 cm³/mol. The summed E-state index contributed by atoms with van der Waals surface area (Å²) in [7, 11) is 0. The maximum atomic E-state index is 12.9. The number of rotatable bonds is 2. The Balaban J connectivity index is 1.89. The van der Waals surface area contributed by atoms with Gasteiger partial charge in [-0.3, -0.25) is 4.79 Å². The van der Waals surface area contributed by atoms with E-state index in [0.717, 1.165) is 36.1 Å². The van der Waals surface area contributed by atoms with Gasteiger partial charge < -0.3 is 5.32 Å². The monoisotopic (exact) mass is 269 g/mol. The largest absolute Gasteiger partial charge is 0.325 e. The summed E-state index contributed by atoms with van der Waals surface area (Å²) in [5.41, 5.74) is 2.92. The van der Waals surface area contributed by atoms with Gasteiger partial charge in [-0.2, -0.15) is 0 Å². The van der Waals surface area contributed by atoms with Gasteiger partial charge in [0.25, 0.3) is 0 Å². The Bertz CT molecular complexity index is 587. The maximum absolute atomic E-state index is 12.9. The Morgan fingerprint density at radius 1 is 1.35 bits per heavy atom. The molecular formula is C18H23NO. The van der Waals surface area contributed by atoms with Gasteiger partial charge in [0.2, 0.25) is 5.91 Å². The molecule has 106 valence electrons. The number of hydrogen-bond donors (Lipinski definition) is 1. The van der Waals surface area contributed by atoms with E-state index in [1.807, 2.05) is 31.2 Å². The predicted octanol–water partition coefficient (Wildman–Crippen LogP) is 4.32. The summed E-state index contributed by atoms with van der Waals surface area (Å²) in [4.78, 5) is 12.9. The third kappa shape index (κ3) is 1.67. The molecule has 2 saturated carbocycles. The Morgan fingerprint density at radius 3 is 2.65 bits per heavy atom. The number of carbonyl (C=O) groups is 1. The Morgan fingerprint density at radius 2 is 2.05 bits per heavy atom. The van der Waals surface area contributed by atoms with Crippen molar-refractivity contribution in [2.45, 2.75) is 40.0 Å². The first-order valence-electron chi connectivity index (χ1n) is 7.45. The van der Waals surface area contributed by atoms with Gasteiger partial charge in [0, 0.05) is 5.69 Å². The highest BCUT2D eigenvalue weighted by molar-refractivity contribution is 5.99. The molecule has 2 bridgehead atoms. The smallest absolute Gasteiger partial charge is 0.234 e. The van der Waals surface area contributed by atoms with Crippen LogP contribution in [-0.2, 0) is 4.79 Å². The molecule has 2 aliphatic carbocycles. The summed E-state index contributed by atoms with van der Waals surface area (Å²) in [6.45, 7) is 10.8. The third-order valence-corrected chi connectivity index (χ3v) is 5.72. The first-order chi connectivity index (χ1) is 9.38. The minimum atomic E-state index is -0.337. The number of para-hydroxylation sites is 1. The Labute approximate surface area is 121 Å². The van der Waals surface area contributed by atoms with Crippen LogP contribution in [0, 0.1) is 23.7 Å². The summed E-state index contributed by atoms with van der Waals surface area (Å²) in [5.74, 6) is 0.752. The van der Waals surface area contributed by atoms with Gasteiger partial charge in [-0.1, -0.05) is 44.2 Å². The number of fused-ring (bicyclic) bond motifs is 2. The zero-order valence-corrected chi connectivity index (χ0v) is 12.6. The summed E-state index contributed by atoms with van der Waals surface area (Å²) >= 11 is 0. The molecule has 0 unspecified atom stereocenters. The number of amides is 1. The van der Waals surface area contributed by atoms with Crippen LogP contribution in [0.2, 0.25) is 0 Å². The molecule has 2 nitrogen and oxygen atoms in total. The van der Waals surface area contributed by atoms with Crippen molar-refractivity contribution < 1.29 is 4.79 Å². The molecule has 2 aliphatic rings. The van der Waals surface area contributed by atoms with E-state index in [9.17, 15) is 4.79 Å². The van der Waals surface area contributed by atoms with Crippen molar-refractivity contribution in [3.05, 3.63) is 42.0 Å². The van der Waals surface area contributed by atoms with E-state index in [2.05, 4.69) is 25.7 Å². The average Bonchev–Trinajstić information content (AvgIpc) is 2.93. The van der Waals surface area contributed by atoms with Crippen LogP contribution < -0.4 is 5.32 Å². The van der Waals surface area contributed by atoms with E-state index in [0.29, 0.717) is 5.92 Å². The van der Waals surface area contributed by atoms with E-state index in [1.165, 1.54) is 0 Å². The summed E-state index contributed by atoms with van der Waals surface area (Å²) in [6.07, 6.45) is 3.07. The summed E-state index contributed by atoms with van der Waals surface area (Å²) in [6, 6.07) is 7.95. The van der Waals surface area contributed by atoms with E-state index in [-0.39, 0.29) is 16.7 Å². The summed E-state index contributed by atoms with van der Waals surface area (Å²) < 4.78 is 0. The molecule has 1 aromatic carbocycles. The van der Waals surface area contributed by atoms with Gasteiger partial charge in [0.05, 0.1) is 5.41 Å². The van der Waals surface area contributed by atoms with Crippen LogP contribution in [0.5, 0.6) is 0 Å². The molecule has 1 N–H and O–H groups in total. The van der Waals surface area contributed by atoms with Crippen molar-refractivity contribution in [1.29, 1.82) is 0 Å². The molecule has 0 aliphatic heterocycles. The molecule has 1 aromatic rings. The van der Waals surface area contributed by atoms with Gasteiger partial charge in [0.15, 0.2) is 0 Å². The second-order valence-corrected chi connectivity index (χ2v) is 6.99. The standard InChI is InChI=1S/C18H23NO/c1-12-7-5-6-8-15(12)19-16(20)18-10-9-14(11-18)17(3,4)13(18)2/h5-8,14H,2,9-11H2,1,3-4H3,(H,19,20)/t14-,18-/m0/s1. The molecule has 2 heteroatoms. The zero-order valence-electron chi connectivity index (χ0n) is 12.6. The third-order valence-electron chi connectivity index (χ3n) is 5.72. The lowest BCUT2D eigenvalue weighted by atomic mass is 9.68. The quantitative estimate of drug-likeness (QED) is 0.796. The average molecular weight is 269 g/mol. The van der Waals surface area contributed by atoms with Crippen LogP contribution in [0.4, 0.5) is 5.69 Å². The highest BCUT2D eigenvalue weighted by atomic mass is 16.2. The fourth-order valence-electron chi connectivity index (χ4n) is 4.10. The van der Waals surface area contributed by atoms with Crippen molar-refractivity contribution in [2.24, 2.45) is 16.7 Å². The fourth-order valence-corrected chi connectivity index (χ4v) is 4.10. The van der Waals surface area contributed by atoms with Crippen molar-refractivity contribution in [3.8, 4) is 0 Å². The second-order valence-electron chi connectivity index (χ2n) is 6.99. The molecule has 0 aromatic heterocycles. The molecular weight excluding hydrogens is 246 g/mol. The van der Waals surface area contributed by atoms with E-state index < -0.39 is 0 Å². The normalized spacial score (nSPS) is 30.6. The van der Waals surface area contributed by atoms with Crippen LogP contribution in [0.1, 0.15) is 38.7 Å². The van der Waals surface area contributed by atoms with Crippen LogP contribution in [0.25, 0.3) is 0 Å². The van der Waals surface area contributed by atoms with Crippen LogP contribution in [-0.4, -0.2) is 5.91 Å². The Hall–Kier alpha value is -1.57. The van der Waals surface area contributed by atoms with Crippen molar-refractivity contribution in [3.63, 3.8) is 0 Å². The van der Waals surface area contributed by atoms with E-state index in [1.54, 1.807) is 0 Å². The zero-order chi connectivity index (χ0) is 14.5. The number of aryl methyl sites for hydroxylation is 1. The van der Waals surface area contributed by atoms with E-state index >= 15 is 0 Å². The minimum Gasteiger partial charge on any atom is -0.325 e. The number of anilines is 1. The van der Waals surface area contributed by atoms with Gasteiger partial charge in [-0.15, -0.1) is 0 Å². The van der Waals surface area contributed by atoms with Crippen LogP contribution in [0.15, 0.2) is 36.4 Å². The fraction of sp³-hybridized carbons (Fsp3) is 0.500. The first-order valence-corrected chi connectivity index (χ1v) is 7.45. The SMILES string of the molecule is C=C1C(C)(C)[C@H]2CC[C@]1(C(=O)Nc1ccccc1C)C2. The topological polar surface area (TPSA) is 29.1 Å². The molecule has 0 radical (unpaired) electrons. The Kier molecular flexibility index (Phi) is 2.82. The molecule has 20 heavy (non-hydrogen) atoms. The summed E-state index contributed by atoms with van der Waals surface area (Å²) in [5, 5.41) is 3.14. The van der Waals surface area contributed by atoms with Crippen molar-refractivity contribution in [2.75, 3.05) is 5.32 Å². The second kappa shape index (κ2) is 4.21. The molecule has 0 spiro atoms. The van der Waals surface area contributed by atoms with Gasteiger partial charge in [0.1, 0.15) is 0 Å². The van der Waals surface area contributed by atoms with Crippen LogP contribution in [0.3, 0.4) is 0 Å². The van der Waals surface area contributed by atoms with E-state index in [4.69, 9.17) is 0 Å². The lowest BCUT2D eigenvalue weighted by Crippen LogP contribution is -2.37. The minimum absolute atomic E-state index is 0.0985. The van der Waals surface area contributed by atoms with Crippen LogP contribution >= 0.6 is 0 Å². The molecule has 3 rings (SSSR count). The van der Waals surface area contributed by atoms with Crippen molar-refractivity contribution >= 4 is 11.6 Å². The van der Waals surface area contributed by atoms with Gasteiger partial charge >= 0.3 is 0 Å². The first kappa shape index (κ1) is 13.4. The number of benzene rings is 1. The molecule has 0 saturated heterocycles. The lowest BCUT2D eigenvalue weighted by molar-refractivity contribution is -0.123. The number of nitrogens with one attached hydrogen (secondary N) is 1. The van der Waals surface area contributed by atoms with Crippen molar-refractivity contribution in [1.82, 2.24) is 0 Å². The molecule has 1 amide bonds. The number of hydrogen-bond acceptors (Lipinski definition) is 1. The number of carbonyl (C=O) groups excluding carboxylic acids is 1. The molecule has 2 fully saturated rings.